The van der Waals surface area contributed by atoms with Crippen LogP contribution in [0.25, 0.3) is 0 Å². The molecule has 0 saturated heterocycles. The molecule has 0 radical (unpaired) electrons. The maximum absolute atomic E-state index is 13.6. The van der Waals surface area contributed by atoms with Crippen LogP contribution < -0.4 is 0 Å². The fourth-order valence-corrected chi connectivity index (χ4v) is 2.06. The van der Waals surface area contributed by atoms with Crippen LogP contribution in [0.15, 0.2) is 12.7 Å². The van der Waals surface area contributed by atoms with Crippen molar-refractivity contribution in [3.63, 3.8) is 0 Å². The second-order valence-corrected chi connectivity index (χ2v) is 6.78. The average molecular weight is 582 g/mol. The van der Waals surface area contributed by atoms with E-state index in [1.807, 2.05) is 0 Å². The normalized spacial score (nSPS) is 15.6. The molecule has 0 heterocycles. The fourth-order valence-electron chi connectivity index (χ4n) is 2.06. The zero-order valence-corrected chi connectivity index (χ0v) is 16.4. The van der Waals surface area contributed by atoms with Crippen molar-refractivity contribution in [2.24, 2.45) is 0 Å². The molecule has 0 rings (SSSR count). The van der Waals surface area contributed by atoms with E-state index in [-0.39, 0.29) is 6.08 Å². The van der Waals surface area contributed by atoms with Crippen LogP contribution in [0.1, 0.15) is 12.8 Å². The summed E-state index contributed by atoms with van der Waals surface area (Å²) in [6.45, 7) is 0.677. The standard InChI is InChI=1S/C15H9F19O2/c1-2-6(35)36-4-3-7(16,17)10(22,23)13(28,29)11(24,25)8(18,19)5-9(20,21)12(26,27)14(30,31)15(32,33)34/h2H,1,3-5H2. The highest BCUT2D eigenvalue weighted by molar-refractivity contribution is 5.81. The Kier molecular flexibility index (Phi) is 8.77. The molecule has 0 aromatic heterocycles. The van der Waals surface area contributed by atoms with Gasteiger partial charge in [0.2, 0.25) is 0 Å². The topological polar surface area (TPSA) is 26.3 Å². The predicted octanol–water partition coefficient (Wildman–Crippen LogP) is 7.14. The largest absolute Gasteiger partial charge is 0.462 e. The Balaban J connectivity index is 6.34. The first-order chi connectivity index (χ1) is 15.4. The number of hydrogen-bond acceptors (Lipinski definition) is 2. The maximum atomic E-state index is 13.6. The third-order valence-corrected chi connectivity index (χ3v) is 4.19. The monoisotopic (exact) mass is 582 g/mol. The van der Waals surface area contributed by atoms with Gasteiger partial charge in [-0.1, -0.05) is 6.58 Å². The number of hydrogen-bond donors (Lipinski definition) is 0. The fraction of sp³-hybridized carbons (Fsp3) is 0.800. The molecule has 0 aliphatic heterocycles. The number of esters is 1. The molecule has 36 heavy (non-hydrogen) atoms. The second-order valence-electron chi connectivity index (χ2n) is 6.78. The number of alkyl halides is 19. The van der Waals surface area contributed by atoms with Gasteiger partial charge in [-0.15, -0.1) is 0 Å². The Labute approximate surface area is 186 Å². The lowest BCUT2D eigenvalue weighted by molar-refractivity contribution is -0.424. The molecule has 0 amide bonds. The van der Waals surface area contributed by atoms with E-state index < -0.39 is 79.0 Å². The lowest BCUT2D eigenvalue weighted by Gasteiger charge is -2.41. The number of ether oxygens (including phenoxy) is 1. The highest BCUT2D eigenvalue weighted by Crippen LogP contribution is 2.61. The van der Waals surface area contributed by atoms with Gasteiger partial charge in [-0.05, 0) is 0 Å². The Hall–Kier alpha value is -2.12. The first kappa shape index (κ1) is 33.9. The van der Waals surface area contributed by atoms with Crippen LogP contribution in [0.2, 0.25) is 0 Å². The smallest absolute Gasteiger partial charge is 0.460 e. The summed E-state index contributed by atoms with van der Waals surface area (Å²) in [6.07, 6.45) is -15.4. The lowest BCUT2D eigenvalue weighted by Crippen LogP contribution is -2.69. The van der Waals surface area contributed by atoms with E-state index in [0.717, 1.165) is 0 Å². The summed E-state index contributed by atoms with van der Waals surface area (Å²) in [7, 11) is 0. The Bertz CT molecular complexity index is 810. The van der Waals surface area contributed by atoms with Gasteiger partial charge in [-0.2, -0.15) is 83.4 Å². The van der Waals surface area contributed by atoms with Crippen LogP contribution in [0.5, 0.6) is 0 Å². The van der Waals surface area contributed by atoms with Crippen molar-refractivity contribution in [2.75, 3.05) is 6.61 Å². The van der Waals surface area contributed by atoms with Gasteiger partial charge in [0.25, 0.3) is 0 Å². The van der Waals surface area contributed by atoms with E-state index in [4.69, 9.17) is 0 Å². The molecule has 0 aliphatic rings. The summed E-state index contributed by atoms with van der Waals surface area (Å²) in [6, 6.07) is 0. The van der Waals surface area contributed by atoms with Gasteiger partial charge in [0, 0.05) is 6.08 Å². The van der Waals surface area contributed by atoms with E-state index in [9.17, 15) is 88.2 Å². The number of carbonyl (C=O) groups excluding carboxylic acids is 1. The zero-order chi connectivity index (χ0) is 29.6. The molecule has 0 fully saturated rings. The summed E-state index contributed by atoms with van der Waals surface area (Å²) in [5.41, 5.74) is 0. The molecule has 0 bridgehead atoms. The lowest BCUT2D eigenvalue weighted by atomic mass is 9.88. The molecule has 0 saturated carbocycles. The third kappa shape index (κ3) is 5.28. The van der Waals surface area contributed by atoms with Crippen molar-refractivity contribution >= 4 is 5.97 Å². The number of carbonyl (C=O) groups is 1. The van der Waals surface area contributed by atoms with Crippen LogP contribution in [-0.4, -0.2) is 66.1 Å². The van der Waals surface area contributed by atoms with Crippen molar-refractivity contribution in [1.29, 1.82) is 0 Å². The Morgan fingerprint density at radius 1 is 0.556 bits per heavy atom. The van der Waals surface area contributed by atoms with E-state index >= 15 is 0 Å². The molecular formula is C15H9F19O2. The van der Waals surface area contributed by atoms with Crippen molar-refractivity contribution < 1.29 is 92.9 Å². The zero-order valence-electron chi connectivity index (χ0n) is 16.4. The van der Waals surface area contributed by atoms with Crippen LogP contribution >= 0.6 is 0 Å². The average Bonchev–Trinajstić information content (AvgIpc) is 2.64. The van der Waals surface area contributed by atoms with Gasteiger partial charge in [-0.3, -0.25) is 0 Å². The molecular weight excluding hydrogens is 573 g/mol. The maximum Gasteiger partial charge on any atom is 0.460 e. The van der Waals surface area contributed by atoms with Gasteiger partial charge in [0.05, 0.1) is 19.4 Å². The second kappa shape index (κ2) is 9.32. The van der Waals surface area contributed by atoms with E-state index in [1.165, 1.54) is 0 Å². The quantitative estimate of drug-likeness (QED) is 0.139. The number of halogens is 19. The molecule has 0 spiro atoms. The van der Waals surface area contributed by atoms with Crippen LogP contribution in [0.4, 0.5) is 83.4 Å². The summed E-state index contributed by atoms with van der Waals surface area (Å²) < 4.78 is 253. The van der Waals surface area contributed by atoms with Gasteiger partial charge in [0.15, 0.2) is 0 Å². The SMILES string of the molecule is C=CC(=O)OCCC(F)(F)C(F)(F)C(F)(F)C(F)(F)C(F)(F)CC(F)(F)C(F)(F)C(F)(F)C(F)(F)F. The number of rotatable bonds is 12. The minimum atomic E-state index is -8.21. The minimum absolute atomic E-state index is 0.192. The molecule has 21 heteroatoms. The first-order valence-corrected chi connectivity index (χ1v) is 8.30. The van der Waals surface area contributed by atoms with Crippen molar-refractivity contribution in [1.82, 2.24) is 0 Å². The van der Waals surface area contributed by atoms with Crippen LogP contribution in [0.3, 0.4) is 0 Å². The van der Waals surface area contributed by atoms with Crippen LogP contribution in [-0.2, 0) is 9.53 Å². The van der Waals surface area contributed by atoms with Crippen molar-refractivity contribution in [2.45, 2.75) is 66.4 Å². The van der Waals surface area contributed by atoms with Gasteiger partial charge in [0.1, 0.15) is 0 Å². The first-order valence-electron chi connectivity index (χ1n) is 8.30. The van der Waals surface area contributed by atoms with Crippen molar-refractivity contribution in [3.8, 4) is 0 Å². The highest BCUT2D eigenvalue weighted by Gasteiger charge is 2.89. The minimum Gasteiger partial charge on any atom is -0.462 e. The third-order valence-electron chi connectivity index (χ3n) is 4.19. The molecule has 0 unspecified atom stereocenters. The summed E-state index contributed by atoms with van der Waals surface area (Å²) >= 11 is 0. The highest BCUT2D eigenvalue weighted by atomic mass is 19.4. The van der Waals surface area contributed by atoms with Gasteiger partial charge < -0.3 is 4.74 Å². The van der Waals surface area contributed by atoms with Gasteiger partial charge >= 0.3 is 59.5 Å². The molecule has 0 aromatic rings. The molecule has 214 valence electrons. The van der Waals surface area contributed by atoms with Crippen molar-refractivity contribution in [3.05, 3.63) is 12.7 Å². The summed E-state index contributed by atoms with van der Waals surface area (Å²) in [4.78, 5) is 10.6. The van der Waals surface area contributed by atoms with E-state index in [2.05, 4.69) is 11.3 Å². The van der Waals surface area contributed by atoms with E-state index in [1.54, 1.807) is 0 Å². The summed E-state index contributed by atoms with van der Waals surface area (Å²) in [5, 5.41) is 0. The Morgan fingerprint density at radius 3 is 1.22 bits per heavy atom. The molecule has 0 aliphatic carbocycles. The predicted molar refractivity (Wildman–Crippen MR) is 76.0 cm³/mol. The molecule has 2 nitrogen and oxygen atoms in total. The summed E-state index contributed by atoms with van der Waals surface area (Å²) in [5.74, 6) is -63.7. The molecule has 0 N–H and O–H groups in total. The van der Waals surface area contributed by atoms with E-state index in [0.29, 0.717) is 0 Å². The molecule has 0 atom stereocenters. The van der Waals surface area contributed by atoms with Crippen LogP contribution in [0, 0.1) is 0 Å². The molecule has 0 aromatic carbocycles. The Morgan fingerprint density at radius 2 is 0.889 bits per heavy atom. The van der Waals surface area contributed by atoms with Gasteiger partial charge in [-0.25, -0.2) is 4.79 Å².